The largest absolute Gasteiger partial charge is 0.278 e. The Morgan fingerprint density at radius 3 is 2.55 bits per heavy atom. The number of non-ortho nitro benzene ring substituents is 1. The first-order valence-corrected chi connectivity index (χ1v) is 10.1. The summed E-state index contributed by atoms with van der Waals surface area (Å²) in [5, 5.41) is 19.2. The van der Waals surface area contributed by atoms with E-state index in [1.165, 1.54) is 18.2 Å². The molecule has 1 heterocycles. The van der Waals surface area contributed by atoms with Gasteiger partial charge in [0.1, 0.15) is 17.1 Å². The van der Waals surface area contributed by atoms with E-state index < -0.39 is 25.5 Å². The standard InChI is InChI=1S/C18H14ClN5O4S/c19-15-6-1-2-7-16(15)23-29(27,28)18-11-14(24(25)26)8-9-17(18)22-21-12-13-5-3-4-10-20-13/h1-11,23H,12H2. The van der Waals surface area contributed by atoms with E-state index in [0.717, 1.165) is 12.1 Å². The van der Waals surface area contributed by atoms with Crippen molar-refractivity contribution in [2.45, 2.75) is 11.4 Å². The lowest BCUT2D eigenvalue weighted by Crippen LogP contribution is -2.13. The molecule has 0 atom stereocenters. The van der Waals surface area contributed by atoms with E-state index in [4.69, 9.17) is 11.6 Å². The molecule has 0 fully saturated rings. The minimum atomic E-state index is -4.23. The number of sulfonamides is 1. The first-order chi connectivity index (χ1) is 13.9. The summed E-state index contributed by atoms with van der Waals surface area (Å²) in [4.78, 5) is 14.1. The summed E-state index contributed by atoms with van der Waals surface area (Å²) in [6.07, 6.45) is 1.60. The van der Waals surface area contributed by atoms with Gasteiger partial charge in [0.15, 0.2) is 0 Å². The zero-order valence-corrected chi connectivity index (χ0v) is 16.3. The Hall–Kier alpha value is -3.37. The molecule has 11 heteroatoms. The van der Waals surface area contributed by atoms with Gasteiger partial charge in [-0.15, -0.1) is 0 Å². The maximum absolute atomic E-state index is 12.9. The van der Waals surface area contributed by atoms with Gasteiger partial charge in [0.25, 0.3) is 15.7 Å². The molecule has 0 unspecified atom stereocenters. The molecule has 0 spiro atoms. The van der Waals surface area contributed by atoms with Gasteiger partial charge in [-0.3, -0.25) is 19.8 Å². The minimum absolute atomic E-state index is 0.0499. The van der Waals surface area contributed by atoms with Gasteiger partial charge < -0.3 is 0 Å². The van der Waals surface area contributed by atoms with Crippen LogP contribution in [0.5, 0.6) is 0 Å². The number of pyridine rings is 1. The molecule has 0 amide bonds. The zero-order chi connectivity index (χ0) is 20.9. The maximum Gasteiger partial charge on any atom is 0.270 e. The summed E-state index contributed by atoms with van der Waals surface area (Å²) in [6.45, 7) is 0.120. The molecule has 148 valence electrons. The highest BCUT2D eigenvalue weighted by Gasteiger charge is 2.23. The van der Waals surface area contributed by atoms with Crippen molar-refractivity contribution in [2.75, 3.05) is 4.72 Å². The lowest BCUT2D eigenvalue weighted by molar-refractivity contribution is -0.385. The number of aromatic nitrogens is 1. The van der Waals surface area contributed by atoms with E-state index in [2.05, 4.69) is 19.9 Å². The van der Waals surface area contributed by atoms with Crippen LogP contribution in [0.3, 0.4) is 0 Å². The van der Waals surface area contributed by atoms with Gasteiger partial charge >= 0.3 is 0 Å². The summed E-state index contributed by atoms with van der Waals surface area (Å²) < 4.78 is 28.1. The molecule has 0 aliphatic heterocycles. The van der Waals surface area contributed by atoms with E-state index in [-0.39, 0.29) is 22.9 Å². The van der Waals surface area contributed by atoms with Crippen LogP contribution in [0.15, 0.2) is 82.0 Å². The van der Waals surface area contributed by atoms with Crippen LogP contribution in [0.25, 0.3) is 0 Å². The molecule has 1 N–H and O–H groups in total. The number of nitro groups is 1. The van der Waals surface area contributed by atoms with Gasteiger partial charge in [-0.1, -0.05) is 29.8 Å². The summed E-state index contributed by atoms with van der Waals surface area (Å²) >= 11 is 6.01. The van der Waals surface area contributed by atoms with Crippen LogP contribution in [0, 0.1) is 10.1 Å². The number of hydrogen-bond acceptors (Lipinski definition) is 7. The van der Waals surface area contributed by atoms with Crippen molar-refractivity contribution >= 4 is 38.7 Å². The van der Waals surface area contributed by atoms with E-state index in [1.807, 2.05) is 0 Å². The van der Waals surface area contributed by atoms with E-state index in [1.54, 1.807) is 36.5 Å². The molecule has 3 aromatic rings. The number of hydrogen-bond donors (Lipinski definition) is 1. The SMILES string of the molecule is O=[N+]([O-])c1ccc(N=NCc2ccccn2)c(S(=O)(=O)Nc2ccccc2Cl)c1. The Kier molecular flexibility index (Phi) is 6.15. The highest BCUT2D eigenvalue weighted by molar-refractivity contribution is 7.92. The second kappa shape index (κ2) is 8.76. The Morgan fingerprint density at radius 1 is 1.10 bits per heavy atom. The highest BCUT2D eigenvalue weighted by Crippen LogP contribution is 2.32. The van der Waals surface area contributed by atoms with Gasteiger partial charge in [-0.25, -0.2) is 8.42 Å². The maximum atomic E-state index is 12.9. The number of nitro benzene ring substituents is 1. The Balaban J connectivity index is 1.97. The van der Waals surface area contributed by atoms with Gasteiger partial charge in [-0.05, 0) is 30.3 Å². The lowest BCUT2D eigenvalue weighted by atomic mass is 10.3. The fourth-order valence-electron chi connectivity index (χ4n) is 2.33. The normalized spacial score (nSPS) is 11.5. The van der Waals surface area contributed by atoms with Gasteiger partial charge in [0, 0.05) is 18.3 Å². The van der Waals surface area contributed by atoms with Crippen molar-refractivity contribution in [3.63, 3.8) is 0 Å². The third kappa shape index (κ3) is 5.12. The van der Waals surface area contributed by atoms with Crippen molar-refractivity contribution in [2.24, 2.45) is 10.2 Å². The number of nitrogens with one attached hydrogen (secondary N) is 1. The van der Waals surface area contributed by atoms with Crippen LogP contribution in [0.4, 0.5) is 17.1 Å². The molecule has 3 rings (SSSR count). The van der Waals surface area contributed by atoms with Gasteiger partial charge in [0.05, 0.1) is 21.3 Å². The smallest absolute Gasteiger partial charge is 0.270 e. The van der Waals surface area contributed by atoms with Crippen molar-refractivity contribution in [3.05, 3.63) is 87.7 Å². The average Bonchev–Trinajstić information content (AvgIpc) is 2.70. The Morgan fingerprint density at radius 2 is 1.86 bits per heavy atom. The summed E-state index contributed by atoms with van der Waals surface area (Å²) in [6, 6.07) is 14.8. The van der Waals surface area contributed by atoms with Crippen LogP contribution in [-0.4, -0.2) is 18.3 Å². The molecule has 2 aromatic carbocycles. The van der Waals surface area contributed by atoms with Crippen LogP contribution in [-0.2, 0) is 16.6 Å². The van der Waals surface area contributed by atoms with Crippen LogP contribution < -0.4 is 4.72 Å². The van der Waals surface area contributed by atoms with Crippen molar-refractivity contribution in [3.8, 4) is 0 Å². The molecule has 0 bridgehead atoms. The van der Waals surface area contributed by atoms with E-state index in [9.17, 15) is 18.5 Å². The second-order valence-electron chi connectivity index (χ2n) is 5.72. The number of azo groups is 1. The number of nitrogens with zero attached hydrogens (tertiary/aromatic N) is 4. The number of para-hydroxylation sites is 1. The predicted molar refractivity (Wildman–Crippen MR) is 108 cm³/mol. The van der Waals surface area contributed by atoms with Gasteiger partial charge in [-0.2, -0.15) is 10.2 Å². The van der Waals surface area contributed by atoms with E-state index in [0.29, 0.717) is 5.69 Å². The first kappa shape index (κ1) is 20.4. The molecular formula is C18H14ClN5O4S. The average molecular weight is 432 g/mol. The van der Waals surface area contributed by atoms with Crippen molar-refractivity contribution in [1.29, 1.82) is 0 Å². The predicted octanol–water partition coefficient (Wildman–Crippen LogP) is 4.73. The number of rotatable bonds is 7. The van der Waals surface area contributed by atoms with E-state index >= 15 is 0 Å². The molecule has 0 aliphatic rings. The topological polar surface area (TPSA) is 127 Å². The minimum Gasteiger partial charge on any atom is -0.278 e. The third-order valence-electron chi connectivity index (χ3n) is 3.70. The number of benzene rings is 2. The molecule has 1 aromatic heterocycles. The summed E-state index contributed by atoms with van der Waals surface area (Å²) in [5.41, 5.74) is 0.327. The molecule has 9 nitrogen and oxygen atoms in total. The quantitative estimate of drug-likeness (QED) is 0.328. The molecule has 0 aliphatic carbocycles. The first-order valence-electron chi connectivity index (χ1n) is 8.20. The van der Waals surface area contributed by atoms with Crippen molar-refractivity contribution in [1.82, 2.24) is 4.98 Å². The lowest BCUT2D eigenvalue weighted by Gasteiger charge is -2.11. The highest BCUT2D eigenvalue weighted by atomic mass is 35.5. The molecule has 0 radical (unpaired) electrons. The van der Waals surface area contributed by atoms with Gasteiger partial charge in [0.2, 0.25) is 0 Å². The third-order valence-corrected chi connectivity index (χ3v) is 5.42. The Bertz CT molecular complexity index is 1170. The summed E-state index contributed by atoms with van der Waals surface area (Å²) in [7, 11) is -4.23. The van der Waals surface area contributed by atoms with Crippen LogP contribution >= 0.6 is 11.6 Å². The van der Waals surface area contributed by atoms with Crippen LogP contribution in [0.1, 0.15) is 5.69 Å². The fourth-order valence-corrected chi connectivity index (χ4v) is 3.81. The Labute approximate surface area is 171 Å². The molecule has 0 saturated heterocycles. The van der Waals surface area contributed by atoms with Crippen LogP contribution in [0.2, 0.25) is 5.02 Å². The zero-order valence-electron chi connectivity index (χ0n) is 14.8. The number of anilines is 1. The molecule has 29 heavy (non-hydrogen) atoms. The molecular weight excluding hydrogens is 418 g/mol. The monoisotopic (exact) mass is 431 g/mol. The van der Waals surface area contributed by atoms with Crippen molar-refractivity contribution < 1.29 is 13.3 Å². The fraction of sp³-hybridized carbons (Fsp3) is 0.0556. The second-order valence-corrected chi connectivity index (χ2v) is 7.77. The summed E-state index contributed by atoms with van der Waals surface area (Å²) in [5.74, 6) is 0. The number of halogens is 1. The molecule has 0 saturated carbocycles.